The highest BCUT2D eigenvalue weighted by atomic mass is 127. The zero-order valence-electron chi connectivity index (χ0n) is 18.5. The Morgan fingerprint density at radius 1 is 1.25 bits per heavy atom. The second-order valence-electron chi connectivity index (χ2n) is 7.13. The molecule has 0 aliphatic carbocycles. The number of aryl methyl sites for hydroxylation is 1. The number of aromatic nitrogens is 3. The van der Waals surface area contributed by atoms with Gasteiger partial charge in [0, 0.05) is 24.5 Å². The first-order valence-corrected chi connectivity index (χ1v) is 11.2. The zero-order chi connectivity index (χ0) is 22.1. The minimum absolute atomic E-state index is 0. The highest BCUT2D eigenvalue weighted by Crippen LogP contribution is 2.15. The van der Waals surface area contributed by atoms with Crippen molar-refractivity contribution in [2.24, 2.45) is 12.0 Å². The van der Waals surface area contributed by atoms with Crippen LogP contribution in [0.1, 0.15) is 29.9 Å². The van der Waals surface area contributed by atoms with Gasteiger partial charge in [0.25, 0.3) is 0 Å². The minimum atomic E-state index is -0.309. The Labute approximate surface area is 209 Å². The van der Waals surface area contributed by atoms with Crippen LogP contribution < -0.4 is 15.4 Å². The van der Waals surface area contributed by atoms with Crippen molar-refractivity contribution < 1.29 is 9.13 Å². The van der Waals surface area contributed by atoms with Crippen LogP contribution in [0.3, 0.4) is 0 Å². The van der Waals surface area contributed by atoms with Crippen LogP contribution in [0.5, 0.6) is 5.75 Å². The predicted octanol–water partition coefficient (Wildman–Crippen LogP) is 4.08. The Morgan fingerprint density at radius 2 is 2.09 bits per heavy atom. The average Bonchev–Trinajstić information content (AvgIpc) is 3.39. The lowest BCUT2D eigenvalue weighted by molar-refractivity contribution is 0.198. The normalized spacial score (nSPS) is 12.2. The van der Waals surface area contributed by atoms with Crippen LogP contribution in [0.15, 0.2) is 46.8 Å². The number of guanidine groups is 1. The van der Waals surface area contributed by atoms with E-state index in [9.17, 15) is 4.39 Å². The van der Waals surface area contributed by atoms with Crippen LogP contribution in [0.4, 0.5) is 4.39 Å². The number of rotatable bonds is 10. The highest BCUT2D eigenvalue weighted by Gasteiger charge is 2.11. The van der Waals surface area contributed by atoms with Gasteiger partial charge in [-0.1, -0.05) is 19.1 Å². The molecule has 0 saturated heterocycles. The van der Waals surface area contributed by atoms with Crippen LogP contribution in [-0.2, 0) is 20.0 Å². The summed E-state index contributed by atoms with van der Waals surface area (Å²) in [6.45, 7) is 5.65. The van der Waals surface area contributed by atoms with Crippen LogP contribution in [0.2, 0.25) is 0 Å². The SMILES string of the molecule is CCC(CNC(=NCc1nnc(C)n1C)NCCc1cccs1)Oc1cccc(F)c1.I. The number of hydrogen-bond acceptors (Lipinski definition) is 5. The number of thiophene rings is 1. The van der Waals surface area contributed by atoms with Crippen molar-refractivity contribution in [3.8, 4) is 5.75 Å². The maximum atomic E-state index is 13.5. The molecule has 2 aromatic heterocycles. The summed E-state index contributed by atoms with van der Waals surface area (Å²) in [5, 5.41) is 17.1. The summed E-state index contributed by atoms with van der Waals surface area (Å²) in [6.07, 6.45) is 1.57. The lowest BCUT2D eigenvalue weighted by Gasteiger charge is -2.20. The molecule has 10 heteroatoms. The first kappa shape index (κ1) is 26.0. The van der Waals surface area contributed by atoms with Gasteiger partial charge in [0.15, 0.2) is 11.8 Å². The third-order valence-electron chi connectivity index (χ3n) is 4.86. The molecular weight excluding hydrogens is 542 g/mol. The van der Waals surface area contributed by atoms with Gasteiger partial charge < -0.3 is 19.9 Å². The second kappa shape index (κ2) is 13.4. The predicted molar refractivity (Wildman–Crippen MR) is 137 cm³/mol. The number of ether oxygens (including phenoxy) is 1. The number of hydrogen-bond donors (Lipinski definition) is 2. The molecule has 3 rings (SSSR count). The number of nitrogens with zero attached hydrogens (tertiary/aromatic N) is 4. The molecule has 0 fully saturated rings. The van der Waals surface area contributed by atoms with Gasteiger partial charge in [0.1, 0.15) is 30.0 Å². The molecule has 2 heterocycles. The third-order valence-corrected chi connectivity index (χ3v) is 5.79. The largest absolute Gasteiger partial charge is 0.489 e. The van der Waals surface area contributed by atoms with Crippen molar-refractivity contribution in [3.63, 3.8) is 0 Å². The van der Waals surface area contributed by atoms with E-state index in [0.29, 0.717) is 24.8 Å². The molecule has 0 bridgehead atoms. The number of benzene rings is 1. The number of aliphatic imine (C=N–C) groups is 1. The molecular formula is C22H30FIN6OS. The van der Waals surface area contributed by atoms with Gasteiger partial charge in [0.2, 0.25) is 0 Å². The van der Waals surface area contributed by atoms with E-state index in [1.807, 2.05) is 25.5 Å². The Kier molecular flexibility index (Phi) is 10.9. The molecule has 32 heavy (non-hydrogen) atoms. The zero-order valence-corrected chi connectivity index (χ0v) is 21.7. The minimum Gasteiger partial charge on any atom is -0.489 e. The first-order chi connectivity index (χ1) is 15.0. The summed E-state index contributed by atoms with van der Waals surface area (Å²) in [4.78, 5) is 5.99. The lowest BCUT2D eigenvalue weighted by Crippen LogP contribution is -2.43. The van der Waals surface area contributed by atoms with Crippen LogP contribution >= 0.6 is 35.3 Å². The van der Waals surface area contributed by atoms with Crippen LogP contribution in [-0.4, -0.2) is 39.9 Å². The molecule has 0 spiro atoms. The third kappa shape index (κ3) is 8.05. The molecule has 0 radical (unpaired) electrons. The fraction of sp³-hybridized carbons (Fsp3) is 0.409. The fourth-order valence-corrected chi connectivity index (χ4v) is 3.59. The van der Waals surface area contributed by atoms with Gasteiger partial charge >= 0.3 is 0 Å². The average molecular weight is 572 g/mol. The number of nitrogens with one attached hydrogen (secondary N) is 2. The maximum absolute atomic E-state index is 13.5. The summed E-state index contributed by atoms with van der Waals surface area (Å²) in [6, 6.07) is 10.4. The summed E-state index contributed by atoms with van der Waals surface area (Å²) < 4.78 is 21.3. The summed E-state index contributed by atoms with van der Waals surface area (Å²) in [7, 11) is 1.93. The van der Waals surface area contributed by atoms with E-state index in [1.165, 1.54) is 17.0 Å². The monoisotopic (exact) mass is 572 g/mol. The molecule has 0 saturated carbocycles. The van der Waals surface area contributed by atoms with Crippen molar-refractivity contribution in [1.29, 1.82) is 0 Å². The molecule has 0 amide bonds. The van der Waals surface area contributed by atoms with Gasteiger partial charge in [-0.05, 0) is 43.3 Å². The Hall–Kier alpha value is -2.21. The lowest BCUT2D eigenvalue weighted by atomic mass is 10.2. The van der Waals surface area contributed by atoms with Crippen molar-refractivity contribution in [3.05, 3.63) is 64.1 Å². The smallest absolute Gasteiger partial charge is 0.191 e. The van der Waals surface area contributed by atoms with Crippen molar-refractivity contribution in [1.82, 2.24) is 25.4 Å². The van der Waals surface area contributed by atoms with Crippen LogP contribution in [0, 0.1) is 12.7 Å². The summed E-state index contributed by atoms with van der Waals surface area (Å²) in [5.74, 6) is 2.53. The topological polar surface area (TPSA) is 76.4 Å². The Bertz CT molecular complexity index is 979. The van der Waals surface area contributed by atoms with Gasteiger partial charge in [-0.15, -0.1) is 45.5 Å². The maximum Gasteiger partial charge on any atom is 0.191 e. The molecule has 1 atom stereocenters. The number of halogens is 2. The molecule has 0 aliphatic rings. The fourth-order valence-electron chi connectivity index (χ4n) is 2.88. The van der Waals surface area contributed by atoms with E-state index in [1.54, 1.807) is 23.5 Å². The molecule has 1 aromatic carbocycles. The molecule has 7 nitrogen and oxygen atoms in total. The molecule has 0 aliphatic heterocycles. The van der Waals surface area contributed by atoms with Crippen molar-refractivity contribution in [2.75, 3.05) is 13.1 Å². The quantitative estimate of drug-likeness (QED) is 0.218. The van der Waals surface area contributed by atoms with E-state index in [-0.39, 0.29) is 35.9 Å². The van der Waals surface area contributed by atoms with E-state index < -0.39 is 0 Å². The van der Waals surface area contributed by atoms with Gasteiger partial charge in [0.05, 0.1) is 6.54 Å². The Balaban J connectivity index is 0.00000363. The summed E-state index contributed by atoms with van der Waals surface area (Å²) in [5.41, 5.74) is 0. The Morgan fingerprint density at radius 3 is 2.75 bits per heavy atom. The van der Waals surface area contributed by atoms with Gasteiger partial charge in [-0.2, -0.15) is 0 Å². The van der Waals surface area contributed by atoms with Crippen molar-refractivity contribution in [2.45, 2.75) is 39.3 Å². The van der Waals surface area contributed by atoms with Gasteiger partial charge in [-0.3, -0.25) is 0 Å². The van der Waals surface area contributed by atoms with E-state index in [4.69, 9.17) is 4.74 Å². The standard InChI is InChI=1S/C22H29FN6OS.HI/c1-4-18(30-19-8-5-7-17(23)13-19)14-25-22(24-11-10-20-9-6-12-31-20)26-15-21-28-27-16(2)29(21)3;/h5-9,12-13,18H,4,10-11,14-15H2,1-3H3,(H2,24,25,26);1H. The molecule has 174 valence electrons. The molecule has 2 N–H and O–H groups in total. The molecule has 3 aromatic rings. The van der Waals surface area contributed by atoms with E-state index in [2.05, 4.69) is 43.3 Å². The molecule has 1 unspecified atom stereocenters. The highest BCUT2D eigenvalue weighted by molar-refractivity contribution is 14.0. The van der Waals surface area contributed by atoms with Gasteiger partial charge in [-0.25, -0.2) is 9.38 Å². The van der Waals surface area contributed by atoms with E-state index >= 15 is 0 Å². The second-order valence-corrected chi connectivity index (χ2v) is 8.16. The first-order valence-electron chi connectivity index (χ1n) is 10.4. The van der Waals surface area contributed by atoms with E-state index in [0.717, 1.165) is 31.0 Å². The van der Waals surface area contributed by atoms with Crippen LogP contribution in [0.25, 0.3) is 0 Å². The van der Waals surface area contributed by atoms with Crippen molar-refractivity contribution >= 4 is 41.3 Å². The summed E-state index contributed by atoms with van der Waals surface area (Å²) >= 11 is 1.74.